The molecule has 27 heavy (non-hydrogen) atoms. The third kappa shape index (κ3) is 7.29. The van der Waals surface area contributed by atoms with Crippen LogP contribution in [0.4, 0.5) is 4.79 Å². The molecule has 1 aliphatic carbocycles. The van der Waals surface area contributed by atoms with Gasteiger partial charge in [0.05, 0.1) is 13.0 Å². The van der Waals surface area contributed by atoms with Crippen molar-refractivity contribution in [1.82, 2.24) is 10.6 Å². The zero-order chi connectivity index (χ0) is 19.6. The Hall–Kier alpha value is -2.57. The highest BCUT2D eigenvalue weighted by Crippen LogP contribution is 2.17. The maximum atomic E-state index is 12.0. The van der Waals surface area contributed by atoms with Crippen molar-refractivity contribution in [3.63, 3.8) is 0 Å². The average Bonchev–Trinajstić information content (AvgIpc) is 2.64. The second kappa shape index (κ2) is 10.5. The van der Waals surface area contributed by atoms with Crippen molar-refractivity contribution in [2.24, 2.45) is 0 Å². The Kier molecular flexibility index (Phi) is 8.10. The van der Waals surface area contributed by atoms with Crippen LogP contribution in [0.2, 0.25) is 0 Å². The first-order valence-corrected chi connectivity index (χ1v) is 9.45. The molecule has 1 aromatic carbocycles. The lowest BCUT2D eigenvalue weighted by molar-refractivity contribution is -0.154. The fraction of sp³-hybridized carbons (Fsp3) is 0.550. The van der Waals surface area contributed by atoms with Crippen molar-refractivity contribution in [3.05, 3.63) is 29.8 Å². The number of nitrogens with one attached hydrogen (secondary N) is 2. The van der Waals surface area contributed by atoms with Crippen LogP contribution in [0.1, 0.15) is 51.0 Å². The van der Waals surface area contributed by atoms with E-state index in [-0.39, 0.29) is 19.1 Å². The van der Waals surface area contributed by atoms with Gasteiger partial charge in [0, 0.05) is 6.04 Å². The number of urea groups is 1. The Morgan fingerprint density at radius 3 is 2.56 bits per heavy atom. The van der Waals surface area contributed by atoms with E-state index < -0.39 is 24.0 Å². The van der Waals surface area contributed by atoms with Crippen LogP contribution in [0.15, 0.2) is 24.3 Å². The largest absolute Gasteiger partial charge is 0.493 e. The number of rotatable bonds is 7. The van der Waals surface area contributed by atoms with E-state index in [2.05, 4.69) is 10.6 Å². The fourth-order valence-corrected chi connectivity index (χ4v) is 2.95. The van der Waals surface area contributed by atoms with Gasteiger partial charge in [0.2, 0.25) is 0 Å². The molecule has 7 nitrogen and oxygen atoms in total. The molecule has 1 saturated carbocycles. The van der Waals surface area contributed by atoms with Gasteiger partial charge in [-0.3, -0.25) is 14.9 Å². The monoisotopic (exact) mass is 376 g/mol. The third-order valence-electron chi connectivity index (χ3n) is 4.51. The van der Waals surface area contributed by atoms with Crippen molar-refractivity contribution in [3.8, 4) is 5.75 Å². The predicted molar refractivity (Wildman–Crippen MR) is 100 cm³/mol. The maximum Gasteiger partial charge on any atom is 0.321 e. The molecule has 0 unspecified atom stereocenters. The lowest BCUT2D eigenvalue weighted by atomic mass is 9.96. The van der Waals surface area contributed by atoms with Crippen LogP contribution in [0.3, 0.4) is 0 Å². The normalized spacial score (nSPS) is 15.5. The zero-order valence-corrected chi connectivity index (χ0v) is 16.0. The van der Waals surface area contributed by atoms with Gasteiger partial charge in [-0.15, -0.1) is 0 Å². The first-order valence-electron chi connectivity index (χ1n) is 9.45. The topological polar surface area (TPSA) is 93.7 Å². The SMILES string of the molecule is Cc1ccccc1OCCC(=O)O[C@H](C)C(=O)NC(=O)NC1CCCCC1. The molecule has 0 spiro atoms. The highest BCUT2D eigenvalue weighted by atomic mass is 16.5. The Morgan fingerprint density at radius 1 is 1.15 bits per heavy atom. The molecule has 1 aromatic rings. The number of hydrogen-bond acceptors (Lipinski definition) is 5. The number of aryl methyl sites for hydroxylation is 1. The summed E-state index contributed by atoms with van der Waals surface area (Å²) in [6.07, 6.45) is 4.15. The van der Waals surface area contributed by atoms with Gasteiger partial charge < -0.3 is 14.8 Å². The number of benzene rings is 1. The number of carbonyl (C=O) groups excluding carboxylic acids is 3. The predicted octanol–water partition coefficient (Wildman–Crippen LogP) is 2.85. The summed E-state index contributed by atoms with van der Waals surface area (Å²) in [4.78, 5) is 35.7. The molecule has 0 radical (unpaired) electrons. The number of amides is 3. The Labute approximate surface area is 159 Å². The molecule has 1 aliphatic rings. The molecule has 0 heterocycles. The van der Waals surface area contributed by atoms with Crippen LogP contribution < -0.4 is 15.4 Å². The molecule has 2 N–H and O–H groups in total. The first-order chi connectivity index (χ1) is 13.0. The Bertz CT molecular complexity index is 656. The van der Waals surface area contributed by atoms with Crippen molar-refractivity contribution < 1.29 is 23.9 Å². The molecular formula is C20H28N2O5. The van der Waals surface area contributed by atoms with Crippen LogP contribution in [-0.2, 0) is 14.3 Å². The molecule has 148 valence electrons. The first kappa shape index (κ1) is 20.7. The minimum Gasteiger partial charge on any atom is -0.493 e. The fourth-order valence-electron chi connectivity index (χ4n) is 2.95. The minimum absolute atomic E-state index is 0.0141. The average molecular weight is 376 g/mol. The smallest absolute Gasteiger partial charge is 0.321 e. The summed E-state index contributed by atoms with van der Waals surface area (Å²) in [6, 6.07) is 7.05. The van der Waals surface area contributed by atoms with E-state index in [0.717, 1.165) is 31.2 Å². The minimum atomic E-state index is -1.05. The summed E-state index contributed by atoms with van der Waals surface area (Å²) in [5.74, 6) is -0.495. The van der Waals surface area contributed by atoms with E-state index in [1.165, 1.54) is 13.3 Å². The van der Waals surface area contributed by atoms with Crippen LogP contribution in [0, 0.1) is 6.92 Å². The molecule has 0 saturated heterocycles. The second-order valence-corrected chi connectivity index (χ2v) is 6.79. The number of esters is 1. The molecule has 0 aromatic heterocycles. The van der Waals surface area contributed by atoms with E-state index in [0.29, 0.717) is 5.75 Å². The molecule has 1 fully saturated rings. The Morgan fingerprint density at radius 2 is 1.85 bits per heavy atom. The van der Waals surface area contributed by atoms with Gasteiger partial charge >= 0.3 is 12.0 Å². The number of hydrogen-bond donors (Lipinski definition) is 2. The van der Waals surface area contributed by atoms with E-state index in [1.807, 2.05) is 31.2 Å². The zero-order valence-electron chi connectivity index (χ0n) is 16.0. The number of para-hydroxylation sites is 1. The molecule has 3 amide bonds. The summed E-state index contributed by atoms with van der Waals surface area (Å²) in [7, 11) is 0. The lowest BCUT2D eigenvalue weighted by Crippen LogP contribution is -2.48. The summed E-state index contributed by atoms with van der Waals surface area (Å²) in [5, 5.41) is 5.01. The van der Waals surface area contributed by atoms with E-state index in [4.69, 9.17) is 9.47 Å². The molecule has 2 rings (SSSR count). The van der Waals surface area contributed by atoms with E-state index >= 15 is 0 Å². The molecule has 1 atom stereocenters. The van der Waals surface area contributed by atoms with E-state index in [1.54, 1.807) is 0 Å². The van der Waals surface area contributed by atoms with Gasteiger partial charge in [-0.25, -0.2) is 4.79 Å². The van der Waals surface area contributed by atoms with Crippen LogP contribution in [0.5, 0.6) is 5.75 Å². The van der Waals surface area contributed by atoms with Gasteiger partial charge in [-0.1, -0.05) is 37.5 Å². The van der Waals surface area contributed by atoms with Gasteiger partial charge in [-0.2, -0.15) is 0 Å². The van der Waals surface area contributed by atoms with E-state index in [9.17, 15) is 14.4 Å². The maximum absolute atomic E-state index is 12.0. The van der Waals surface area contributed by atoms with Crippen molar-refractivity contribution in [2.45, 2.75) is 64.5 Å². The second-order valence-electron chi connectivity index (χ2n) is 6.79. The summed E-state index contributed by atoms with van der Waals surface area (Å²) in [6.45, 7) is 3.50. The van der Waals surface area contributed by atoms with Crippen LogP contribution in [0.25, 0.3) is 0 Å². The van der Waals surface area contributed by atoms with Crippen molar-refractivity contribution in [2.75, 3.05) is 6.61 Å². The lowest BCUT2D eigenvalue weighted by Gasteiger charge is -2.23. The Balaban J connectivity index is 1.66. The van der Waals surface area contributed by atoms with Gasteiger partial charge in [0.15, 0.2) is 6.10 Å². The van der Waals surface area contributed by atoms with Crippen molar-refractivity contribution in [1.29, 1.82) is 0 Å². The highest BCUT2D eigenvalue weighted by molar-refractivity contribution is 5.97. The third-order valence-corrected chi connectivity index (χ3v) is 4.51. The highest BCUT2D eigenvalue weighted by Gasteiger charge is 2.22. The summed E-state index contributed by atoms with van der Waals surface area (Å²) < 4.78 is 10.6. The number of imide groups is 1. The number of carbonyl (C=O) groups is 3. The van der Waals surface area contributed by atoms with Crippen molar-refractivity contribution >= 4 is 17.9 Å². The van der Waals surface area contributed by atoms with Crippen LogP contribution >= 0.6 is 0 Å². The van der Waals surface area contributed by atoms with Gasteiger partial charge in [0.25, 0.3) is 5.91 Å². The van der Waals surface area contributed by atoms with Crippen LogP contribution in [-0.4, -0.2) is 36.7 Å². The molecule has 7 heteroatoms. The van der Waals surface area contributed by atoms with Gasteiger partial charge in [-0.05, 0) is 38.3 Å². The summed E-state index contributed by atoms with van der Waals surface area (Å²) >= 11 is 0. The standard InChI is InChI=1S/C20H28N2O5/c1-14-8-6-7-11-17(14)26-13-12-18(23)27-15(2)19(24)22-20(25)21-16-9-4-3-5-10-16/h6-8,11,15-16H,3-5,9-10,12-13H2,1-2H3,(H2,21,22,24,25)/t15-/m1/s1. The summed E-state index contributed by atoms with van der Waals surface area (Å²) in [5.41, 5.74) is 0.975. The molecular weight excluding hydrogens is 348 g/mol. The number of ether oxygens (including phenoxy) is 2. The quantitative estimate of drug-likeness (QED) is 0.714. The molecule has 0 aliphatic heterocycles. The van der Waals surface area contributed by atoms with Gasteiger partial charge in [0.1, 0.15) is 5.75 Å². The molecule has 0 bridgehead atoms.